The number of nitrogens with one attached hydrogen (secondary N) is 1. The molecule has 0 aliphatic carbocycles. The van der Waals surface area contributed by atoms with Crippen LogP contribution in [0.3, 0.4) is 0 Å². The molecule has 0 fully saturated rings. The van der Waals surface area contributed by atoms with Crippen molar-refractivity contribution in [2.45, 2.75) is 13.5 Å². The molecule has 1 aromatic heterocycles. The summed E-state index contributed by atoms with van der Waals surface area (Å²) in [4.78, 5) is 19.3. The highest BCUT2D eigenvalue weighted by Gasteiger charge is 1.96. The Labute approximate surface area is 82.2 Å². The van der Waals surface area contributed by atoms with Crippen molar-refractivity contribution in [3.05, 3.63) is 29.6 Å². The molecule has 0 unspecified atom stereocenters. The molecule has 0 saturated heterocycles. The molecule has 0 spiro atoms. The van der Waals surface area contributed by atoms with Gasteiger partial charge < -0.3 is 5.73 Å². The quantitative estimate of drug-likeness (QED) is 0.508. The third-order valence-corrected chi connectivity index (χ3v) is 1.52. The number of carbonyl (C=O) groups is 1. The van der Waals surface area contributed by atoms with E-state index in [4.69, 9.17) is 10.6 Å². The lowest BCUT2D eigenvalue weighted by molar-refractivity contribution is -0.125. The second-order valence-corrected chi connectivity index (χ2v) is 2.85. The van der Waals surface area contributed by atoms with E-state index >= 15 is 0 Å². The van der Waals surface area contributed by atoms with Gasteiger partial charge >= 0.3 is 0 Å². The summed E-state index contributed by atoms with van der Waals surface area (Å²) in [5.74, 6) is -0.505. The van der Waals surface area contributed by atoms with Gasteiger partial charge in [-0.2, -0.15) is 5.48 Å². The molecule has 5 heteroatoms. The highest BCUT2D eigenvalue weighted by atomic mass is 16.6. The van der Waals surface area contributed by atoms with Gasteiger partial charge in [0.15, 0.2) is 0 Å². The zero-order valence-corrected chi connectivity index (χ0v) is 7.99. The Bertz CT molecular complexity index is 315. The maximum Gasteiger partial charge on any atom is 0.245 e. The summed E-state index contributed by atoms with van der Waals surface area (Å²) in [5, 5.41) is 0. The van der Waals surface area contributed by atoms with Gasteiger partial charge in [-0.1, -0.05) is 6.07 Å². The average Bonchev–Trinajstić information content (AvgIpc) is 2.12. The van der Waals surface area contributed by atoms with Gasteiger partial charge in [-0.3, -0.25) is 14.6 Å². The molecule has 1 amide bonds. The van der Waals surface area contributed by atoms with Crippen LogP contribution in [0.15, 0.2) is 18.2 Å². The molecule has 5 nitrogen and oxygen atoms in total. The van der Waals surface area contributed by atoms with Crippen molar-refractivity contribution in [3.8, 4) is 0 Å². The number of aryl methyl sites for hydroxylation is 1. The molecule has 14 heavy (non-hydrogen) atoms. The Kier molecular flexibility index (Phi) is 4.03. The first kappa shape index (κ1) is 10.6. The van der Waals surface area contributed by atoms with Crippen molar-refractivity contribution < 1.29 is 9.63 Å². The van der Waals surface area contributed by atoms with Gasteiger partial charge in [-0.25, -0.2) is 0 Å². The maximum absolute atomic E-state index is 10.3. The number of hydrogen-bond acceptors (Lipinski definition) is 4. The molecular formula is C9H13N3O2. The van der Waals surface area contributed by atoms with E-state index < -0.39 is 5.91 Å². The first-order valence-electron chi connectivity index (χ1n) is 4.24. The van der Waals surface area contributed by atoms with Gasteiger partial charge in [0.25, 0.3) is 0 Å². The van der Waals surface area contributed by atoms with E-state index in [2.05, 4.69) is 10.5 Å². The molecule has 0 aromatic carbocycles. The van der Waals surface area contributed by atoms with Crippen LogP contribution in [0.4, 0.5) is 0 Å². The predicted octanol–water partition coefficient (Wildman–Crippen LogP) is -0.103. The minimum absolute atomic E-state index is 0.133. The number of rotatable bonds is 5. The van der Waals surface area contributed by atoms with Gasteiger partial charge in [0.2, 0.25) is 5.91 Å². The summed E-state index contributed by atoms with van der Waals surface area (Å²) in [5.41, 5.74) is 9.27. The SMILES string of the molecule is Cc1cccc(CNOCC(N)=O)n1. The standard InChI is InChI=1S/C9H13N3O2/c1-7-3-2-4-8(12-7)5-11-14-6-9(10)13/h2-4,11H,5-6H2,1H3,(H2,10,13). The fraction of sp³-hybridized carbons (Fsp3) is 0.333. The fourth-order valence-corrected chi connectivity index (χ4v) is 0.945. The summed E-state index contributed by atoms with van der Waals surface area (Å²) in [6.07, 6.45) is 0. The first-order valence-corrected chi connectivity index (χ1v) is 4.24. The van der Waals surface area contributed by atoms with Crippen molar-refractivity contribution in [3.63, 3.8) is 0 Å². The van der Waals surface area contributed by atoms with E-state index in [9.17, 15) is 4.79 Å². The zero-order valence-electron chi connectivity index (χ0n) is 7.99. The summed E-state index contributed by atoms with van der Waals surface area (Å²) in [7, 11) is 0. The molecule has 0 saturated carbocycles. The Morgan fingerprint density at radius 1 is 1.64 bits per heavy atom. The highest BCUT2D eigenvalue weighted by molar-refractivity contribution is 5.74. The minimum atomic E-state index is -0.505. The van der Waals surface area contributed by atoms with Crippen LogP contribution >= 0.6 is 0 Å². The third kappa shape index (κ3) is 3.97. The molecular weight excluding hydrogens is 182 g/mol. The Morgan fingerprint density at radius 2 is 2.43 bits per heavy atom. The number of primary amides is 1. The van der Waals surface area contributed by atoms with E-state index in [0.717, 1.165) is 11.4 Å². The predicted molar refractivity (Wildman–Crippen MR) is 51.0 cm³/mol. The topological polar surface area (TPSA) is 77.2 Å². The van der Waals surface area contributed by atoms with Crippen LogP contribution in [-0.2, 0) is 16.2 Å². The summed E-state index contributed by atoms with van der Waals surface area (Å²) >= 11 is 0. The fourth-order valence-electron chi connectivity index (χ4n) is 0.945. The second-order valence-electron chi connectivity index (χ2n) is 2.85. The molecule has 0 radical (unpaired) electrons. The molecule has 3 N–H and O–H groups in total. The Hall–Kier alpha value is -1.46. The molecule has 1 aromatic rings. The number of hydroxylamine groups is 1. The number of amides is 1. The van der Waals surface area contributed by atoms with Gasteiger partial charge in [-0.05, 0) is 19.1 Å². The number of nitrogens with zero attached hydrogens (tertiary/aromatic N) is 1. The van der Waals surface area contributed by atoms with Gasteiger partial charge in [-0.15, -0.1) is 0 Å². The van der Waals surface area contributed by atoms with E-state index in [0.29, 0.717) is 6.54 Å². The van der Waals surface area contributed by atoms with Crippen LogP contribution in [0.25, 0.3) is 0 Å². The molecule has 0 atom stereocenters. The van der Waals surface area contributed by atoms with Crippen LogP contribution in [-0.4, -0.2) is 17.5 Å². The molecule has 1 rings (SSSR count). The lowest BCUT2D eigenvalue weighted by Crippen LogP contribution is -2.24. The number of aromatic nitrogens is 1. The summed E-state index contributed by atoms with van der Waals surface area (Å²) < 4.78 is 0. The summed E-state index contributed by atoms with van der Waals surface area (Å²) in [6.45, 7) is 2.23. The van der Waals surface area contributed by atoms with Crippen LogP contribution < -0.4 is 11.2 Å². The van der Waals surface area contributed by atoms with Crippen LogP contribution in [0.2, 0.25) is 0 Å². The normalized spacial score (nSPS) is 10.1. The van der Waals surface area contributed by atoms with Gasteiger partial charge in [0.05, 0.1) is 12.2 Å². The Morgan fingerprint density at radius 3 is 3.07 bits per heavy atom. The van der Waals surface area contributed by atoms with Crippen LogP contribution in [0, 0.1) is 6.92 Å². The lowest BCUT2D eigenvalue weighted by atomic mass is 10.3. The second kappa shape index (κ2) is 5.31. The van der Waals surface area contributed by atoms with Gasteiger partial charge in [0, 0.05) is 5.69 Å². The number of nitrogens with two attached hydrogens (primary N) is 1. The van der Waals surface area contributed by atoms with E-state index in [1.807, 2.05) is 25.1 Å². The van der Waals surface area contributed by atoms with E-state index in [1.54, 1.807) is 0 Å². The molecule has 0 aliphatic heterocycles. The molecule has 0 aliphatic rings. The average molecular weight is 195 g/mol. The smallest absolute Gasteiger partial charge is 0.245 e. The van der Waals surface area contributed by atoms with E-state index in [1.165, 1.54) is 0 Å². The monoisotopic (exact) mass is 195 g/mol. The first-order chi connectivity index (χ1) is 6.68. The maximum atomic E-state index is 10.3. The van der Waals surface area contributed by atoms with Crippen molar-refractivity contribution in [2.75, 3.05) is 6.61 Å². The number of pyridine rings is 1. The highest BCUT2D eigenvalue weighted by Crippen LogP contribution is 1.96. The number of carbonyl (C=O) groups excluding carboxylic acids is 1. The van der Waals surface area contributed by atoms with Crippen molar-refractivity contribution in [2.24, 2.45) is 5.73 Å². The third-order valence-electron chi connectivity index (χ3n) is 1.52. The largest absolute Gasteiger partial charge is 0.368 e. The van der Waals surface area contributed by atoms with Gasteiger partial charge in [0.1, 0.15) is 6.61 Å². The molecule has 0 bridgehead atoms. The van der Waals surface area contributed by atoms with Crippen molar-refractivity contribution in [1.82, 2.24) is 10.5 Å². The lowest BCUT2D eigenvalue weighted by Gasteiger charge is -2.03. The van der Waals surface area contributed by atoms with Crippen molar-refractivity contribution in [1.29, 1.82) is 0 Å². The van der Waals surface area contributed by atoms with Crippen LogP contribution in [0.5, 0.6) is 0 Å². The Balaban J connectivity index is 2.28. The van der Waals surface area contributed by atoms with Crippen LogP contribution in [0.1, 0.15) is 11.4 Å². The van der Waals surface area contributed by atoms with E-state index in [-0.39, 0.29) is 6.61 Å². The number of hydrogen-bond donors (Lipinski definition) is 2. The zero-order chi connectivity index (χ0) is 10.4. The minimum Gasteiger partial charge on any atom is -0.368 e. The molecule has 1 heterocycles. The summed E-state index contributed by atoms with van der Waals surface area (Å²) in [6, 6.07) is 5.69. The molecule has 76 valence electrons. The van der Waals surface area contributed by atoms with Crippen molar-refractivity contribution >= 4 is 5.91 Å².